The molecule has 21 heavy (non-hydrogen) atoms. The van der Waals surface area contributed by atoms with E-state index in [1.807, 2.05) is 5.40 Å². The Balaban J connectivity index is 1.94. The van der Waals surface area contributed by atoms with Crippen molar-refractivity contribution in [1.29, 1.82) is 5.26 Å². The van der Waals surface area contributed by atoms with Crippen molar-refractivity contribution < 1.29 is 9.59 Å². The fourth-order valence-corrected chi connectivity index (χ4v) is 1.75. The maximum atomic E-state index is 11.7. The van der Waals surface area contributed by atoms with Crippen LogP contribution in [-0.4, -0.2) is 21.8 Å². The molecule has 0 radical (unpaired) electrons. The molecule has 1 aromatic carbocycles. The van der Waals surface area contributed by atoms with Gasteiger partial charge in [0.1, 0.15) is 5.40 Å². The highest BCUT2D eigenvalue weighted by Gasteiger charge is 2.14. The van der Waals surface area contributed by atoms with Gasteiger partial charge < -0.3 is 5.32 Å². The van der Waals surface area contributed by atoms with E-state index in [1.165, 1.54) is 12.4 Å². The van der Waals surface area contributed by atoms with E-state index in [-0.39, 0.29) is 5.95 Å². The van der Waals surface area contributed by atoms with Gasteiger partial charge >= 0.3 is 11.8 Å². The second-order valence-electron chi connectivity index (χ2n) is 3.70. The van der Waals surface area contributed by atoms with Crippen molar-refractivity contribution in [3.05, 3.63) is 42.7 Å². The van der Waals surface area contributed by atoms with Crippen molar-refractivity contribution in [2.45, 2.75) is 4.90 Å². The third kappa shape index (κ3) is 4.29. The number of nitrogens with zero attached hydrogens (tertiary/aromatic N) is 3. The van der Waals surface area contributed by atoms with Crippen LogP contribution in [0.15, 0.2) is 47.6 Å². The maximum absolute atomic E-state index is 11.7. The van der Waals surface area contributed by atoms with Gasteiger partial charge in [0.2, 0.25) is 5.95 Å². The lowest BCUT2D eigenvalue weighted by atomic mass is 10.3. The number of nitrogens with one attached hydrogen (secondary N) is 2. The molecule has 0 unspecified atom stereocenters. The minimum absolute atomic E-state index is 0.0541. The Labute approximate surface area is 124 Å². The summed E-state index contributed by atoms with van der Waals surface area (Å²) in [5, 5.41) is 15.2. The minimum atomic E-state index is -0.864. The number of hydrogen-bond donors (Lipinski definition) is 2. The largest absolute Gasteiger partial charge is 0.318 e. The molecule has 0 aliphatic rings. The molecule has 2 rings (SSSR count). The molecular formula is C13H9N5O2S. The molecule has 0 saturated heterocycles. The van der Waals surface area contributed by atoms with Gasteiger partial charge in [-0.05, 0) is 42.1 Å². The van der Waals surface area contributed by atoms with Crippen molar-refractivity contribution in [3.63, 3.8) is 0 Å². The van der Waals surface area contributed by atoms with E-state index in [0.717, 1.165) is 16.7 Å². The Bertz CT molecular complexity index is 682. The number of rotatable bonds is 3. The highest BCUT2D eigenvalue weighted by molar-refractivity contribution is 8.03. The molecular weight excluding hydrogens is 290 g/mol. The topological polar surface area (TPSA) is 108 Å². The van der Waals surface area contributed by atoms with Crippen LogP contribution in [0.25, 0.3) is 0 Å². The van der Waals surface area contributed by atoms with Gasteiger partial charge in [-0.3, -0.25) is 14.9 Å². The average molecular weight is 299 g/mol. The molecule has 0 atom stereocenters. The molecule has 7 nitrogen and oxygen atoms in total. The van der Waals surface area contributed by atoms with Gasteiger partial charge in [0.15, 0.2) is 0 Å². The summed E-state index contributed by atoms with van der Waals surface area (Å²) in [7, 11) is 0. The van der Waals surface area contributed by atoms with Crippen LogP contribution in [-0.2, 0) is 9.59 Å². The van der Waals surface area contributed by atoms with E-state index in [9.17, 15) is 9.59 Å². The van der Waals surface area contributed by atoms with Crippen molar-refractivity contribution in [2.75, 3.05) is 10.6 Å². The Morgan fingerprint density at radius 3 is 2.29 bits per heavy atom. The number of aromatic nitrogens is 2. The van der Waals surface area contributed by atoms with Gasteiger partial charge in [-0.15, -0.1) is 0 Å². The van der Waals surface area contributed by atoms with E-state index in [2.05, 4.69) is 20.6 Å². The summed E-state index contributed by atoms with van der Waals surface area (Å²) in [5.74, 6) is -1.64. The van der Waals surface area contributed by atoms with Gasteiger partial charge in [0.05, 0.1) is 0 Å². The van der Waals surface area contributed by atoms with Gasteiger partial charge in [-0.2, -0.15) is 5.26 Å². The first-order valence-electron chi connectivity index (χ1n) is 5.74. The summed E-state index contributed by atoms with van der Waals surface area (Å²) >= 11 is 1.01. The standard InChI is InChI=1S/C13H9N5O2S/c14-8-21-10-4-2-9(3-5-10)17-11(19)12(20)18-13-15-6-1-7-16-13/h1-7H,(H,17,19)(H,15,16,18,20). The first-order valence-corrected chi connectivity index (χ1v) is 6.56. The van der Waals surface area contributed by atoms with Crippen molar-refractivity contribution in [2.24, 2.45) is 0 Å². The predicted molar refractivity (Wildman–Crippen MR) is 77.2 cm³/mol. The summed E-state index contributed by atoms with van der Waals surface area (Å²) < 4.78 is 0. The Hall–Kier alpha value is -2.92. The number of carbonyl (C=O) groups excluding carboxylic acids is 2. The van der Waals surface area contributed by atoms with Crippen molar-refractivity contribution in [1.82, 2.24) is 9.97 Å². The summed E-state index contributed by atoms with van der Waals surface area (Å²) in [6.45, 7) is 0. The number of anilines is 2. The maximum Gasteiger partial charge on any atom is 0.316 e. The second kappa shape index (κ2) is 7.02. The number of amides is 2. The molecule has 8 heteroatoms. The van der Waals surface area contributed by atoms with Crippen LogP contribution in [0, 0.1) is 10.7 Å². The fourth-order valence-electron chi connectivity index (χ4n) is 1.37. The fraction of sp³-hybridized carbons (Fsp3) is 0. The zero-order chi connectivity index (χ0) is 15.1. The number of thioether (sulfide) groups is 1. The number of hydrogen-bond acceptors (Lipinski definition) is 6. The Morgan fingerprint density at radius 2 is 1.67 bits per heavy atom. The normalized spacial score (nSPS) is 9.48. The van der Waals surface area contributed by atoms with Crippen LogP contribution in [0.5, 0.6) is 0 Å². The molecule has 0 spiro atoms. The zero-order valence-corrected chi connectivity index (χ0v) is 11.4. The van der Waals surface area contributed by atoms with Crippen LogP contribution in [0.2, 0.25) is 0 Å². The molecule has 1 aromatic heterocycles. The second-order valence-corrected chi connectivity index (χ2v) is 4.56. The minimum Gasteiger partial charge on any atom is -0.318 e. The van der Waals surface area contributed by atoms with Crippen LogP contribution in [0.1, 0.15) is 0 Å². The van der Waals surface area contributed by atoms with E-state index in [1.54, 1.807) is 30.3 Å². The molecule has 0 aliphatic heterocycles. The number of nitriles is 1. The van der Waals surface area contributed by atoms with E-state index in [0.29, 0.717) is 5.69 Å². The Kier molecular flexibility index (Phi) is 4.84. The van der Waals surface area contributed by atoms with Crippen LogP contribution >= 0.6 is 11.8 Å². The van der Waals surface area contributed by atoms with Crippen LogP contribution < -0.4 is 10.6 Å². The van der Waals surface area contributed by atoms with E-state index < -0.39 is 11.8 Å². The van der Waals surface area contributed by atoms with Gasteiger partial charge in [0.25, 0.3) is 0 Å². The monoisotopic (exact) mass is 299 g/mol. The number of thiocyanates is 1. The quantitative estimate of drug-likeness (QED) is 0.506. The smallest absolute Gasteiger partial charge is 0.316 e. The molecule has 104 valence electrons. The summed E-state index contributed by atoms with van der Waals surface area (Å²) in [4.78, 5) is 31.6. The first kappa shape index (κ1) is 14.5. The number of carbonyl (C=O) groups is 2. The lowest BCUT2D eigenvalue weighted by molar-refractivity contribution is -0.133. The lowest BCUT2D eigenvalue weighted by Gasteiger charge is -2.05. The summed E-state index contributed by atoms with van der Waals surface area (Å²) in [6, 6.07) is 8.13. The molecule has 0 saturated carbocycles. The molecule has 2 aromatic rings. The molecule has 0 aliphatic carbocycles. The van der Waals surface area contributed by atoms with Gasteiger partial charge in [0, 0.05) is 23.0 Å². The molecule has 0 bridgehead atoms. The summed E-state index contributed by atoms with van der Waals surface area (Å²) in [6.07, 6.45) is 2.90. The molecule has 2 amide bonds. The van der Waals surface area contributed by atoms with Crippen LogP contribution in [0.3, 0.4) is 0 Å². The molecule has 2 N–H and O–H groups in total. The van der Waals surface area contributed by atoms with Crippen molar-refractivity contribution >= 4 is 35.2 Å². The lowest BCUT2D eigenvalue weighted by Crippen LogP contribution is -2.29. The van der Waals surface area contributed by atoms with Crippen LogP contribution in [0.4, 0.5) is 11.6 Å². The zero-order valence-electron chi connectivity index (χ0n) is 10.6. The first-order chi connectivity index (χ1) is 10.2. The predicted octanol–water partition coefficient (Wildman–Crippen LogP) is 1.63. The molecule has 0 fully saturated rings. The third-order valence-electron chi connectivity index (χ3n) is 2.27. The summed E-state index contributed by atoms with van der Waals surface area (Å²) in [5.41, 5.74) is 0.450. The highest BCUT2D eigenvalue weighted by atomic mass is 32.2. The van der Waals surface area contributed by atoms with Crippen molar-refractivity contribution in [3.8, 4) is 5.40 Å². The van der Waals surface area contributed by atoms with Gasteiger partial charge in [-0.1, -0.05) is 0 Å². The van der Waals surface area contributed by atoms with Gasteiger partial charge in [-0.25, -0.2) is 9.97 Å². The molecule has 1 heterocycles. The van der Waals surface area contributed by atoms with E-state index >= 15 is 0 Å². The Morgan fingerprint density at radius 1 is 1.05 bits per heavy atom. The third-order valence-corrected chi connectivity index (χ3v) is 2.87. The number of benzene rings is 1. The highest BCUT2D eigenvalue weighted by Crippen LogP contribution is 2.18. The van der Waals surface area contributed by atoms with E-state index in [4.69, 9.17) is 5.26 Å². The SMILES string of the molecule is N#CSc1ccc(NC(=O)C(=O)Nc2ncccn2)cc1. The average Bonchev–Trinajstić information content (AvgIpc) is 2.50.